The second-order valence-corrected chi connectivity index (χ2v) is 8.80. The fraction of sp³-hybridized carbons (Fsp3) is 0.588. The number of hydrogen-bond acceptors (Lipinski definition) is 3. The molecule has 7 heteroatoms. The van der Waals surface area contributed by atoms with E-state index < -0.39 is 16.1 Å². The highest BCUT2D eigenvalue weighted by atomic mass is 35.5. The first-order valence-corrected chi connectivity index (χ1v) is 10.5. The Morgan fingerprint density at radius 3 is 2.50 bits per heavy atom. The highest BCUT2D eigenvalue weighted by molar-refractivity contribution is 7.92. The minimum atomic E-state index is -3.63. The van der Waals surface area contributed by atoms with Gasteiger partial charge >= 0.3 is 0 Å². The minimum Gasteiger partial charge on any atom is -0.352 e. The molecule has 134 valence electrons. The number of nitrogens with one attached hydrogen (secondary N) is 1. The largest absolute Gasteiger partial charge is 0.352 e. The van der Waals surface area contributed by atoms with E-state index >= 15 is 0 Å². The Kier molecular flexibility index (Phi) is 6.15. The van der Waals surface area contributed by atoms with Gasteiger partial charge in [0.2, 0.25) is 15.9 Å². The summed E-state index contributed by atoms with van der Waals surface area (Å²) in [6.45, 7) is 3.41. The number of sulfonamides is 1. The van der Waals surface area contributed by atoms with E-state index in [1.54, 1.807) is 32.0 Å². The first-order valence-electron chi connectivity index (χ1n) is 8.26. The second kappa shape index (κ2) is 7.74. The van der Waals surface area contributed by atoms with E-state index in [0.29, 0.717) is 10.7 Å². The minimum absolute atomic E-state index is 0.135. The SMILES string of the molecule is Cc1ccc(Cl)cc1N([C@@H](C)C(=O)NC1CCCCC1)S(C)(=O)=O. The molecule has 0 aromatic heterocycles. The Morgan fingerprint density at radius 1 is 1.29 bits per heavy atom. The molecule has 5 nitrogen and oxygen atoms in total. The van der Waals surface area contributed by atoms with Gasteiger partial charge in [-0.2, -0.15) is 0 Å². The van der Waals surface area contributed by atoms with Crippen molar-refractivity contribution in [3.8, 4) is 0 Å². The molecule has 1 atom stereocenters. The van der Waals surface area contributed by atoms with Gasteiger partial charge < -0.3 is 5.32 Å². The monoisotopic (exact) mass is 372 g/mol. The summed E-state index contributed by atoms with van der Waals surface area (Å²) in [6, 6.07) is 4.34. The van der Waals surface area contributed by atoms with E-state index in [0.717, 1.165) is 41.8 Å². The molecule has 1 saturated carbocycles. The number of carbonyl (C=O) groups excluding carboxylic acids is 1. The van der Waals surface area contributed by atoms with Crippen LogP contribution in [-0.4, -0.2) is 32.7 Å². The molecular weight excluding hydrogens is 348 g/mol. The first-order chi connectivity index (χ1) is 11.2. The molecule has 2 rings (SSSR count). The number of anilines is 1. The lowest BCUT2D eigenvalue weighted by molar-refractivity contribution is -0.122. The van der Waals surface area contributed by atoms with E-state index in [4.69, 9.17) is 11.6 Å². The van der Waals surface area contributed by atoms with Gasteiger partial charge in [-0.25, -0.2) is 8.42 Å². The van der Waals surface area contributed by atoms with Gasteiger partial charge in [0.15, 0.2) is 0 Å². The zero-order valence-corrected chi connectivity index (χ0v) is 16.0. The number of hydrogen-bond donors (Lipinski definition) is 1. The van der Waals surface area contributed by atoms with Gasteiger partial charge in [0.25, 0.3) is 0 Å². The van der Waals surface area contributed by atoms with Gasteiger partial charge in [-0.1, -0.05) is 36.9 Å². The van der Waals surface area contributed by atoms with Crippen LogP contribution >= 0.6 is 11.6 Å². The number of carbonyl (C=O) groups is 1. The Bertz CT molecular complexity index is 700. The third-order valence-electron chi connectivity index (χ3n) is 4.45. The molecule has 1 fully saturated rings. The van der Waals surface area contributed by atoms with Gasteiger partial charge in [-0.15, -0.1) is 0 Å². The highest BCUT2D eigenvalue weighted by Gasteiger charge is 2.31. The van der Waals surface area contributed by atoms with E-state index in [9.17, 15) is 13.2 Å². The van der Waals surface area contributed by atoms with Crippen molar-refractivity contribution < 1.29 is 13.2 Å². The summed E-state index contributed by atoms with van der Waals surface area (Å²) in [5.74, 6) is -0.272. The van der Waals surface area contributed by atoms with Crippen molar-refractivity contribution in [1.29, 1.82) is 0 Å². The van der Waals surface area contributed by atoms with Crippen molar-refractivity contribution in [1.82, 2.24) is 5.32 Å². The third-order valence-corrected chi connectivity index (χ3v) is 5.91. The van der Waals surface area contributed by atoms with Crippen LogP contribution in [-0.2, 0) is 14.8 Å². The van der Waals surface area contributed by atoms with Crippen LogP contribution in [0.5, 0.6) is 0 Å². The molecule has 1 aliphatic carbocycles. The number of halogens is 1. The van der Waals surface area contributed by atoms with Crippen LogP contribution in [0.3, 0.4) is 0 Å². The number of rotatable bonds is 5. The van der Waals surface area contributed by atoms with E-state index in [2.05, 4.69) is 5.32 Å². The number of amides is 1. The van der Waals surface area contributed by atoms with Gasteiger partial charge in [-0.05, 0) is 44.4 Å². The maximum atomic E-state index is 12.6. The molecule has 0 saturated heterocycles. The molecule has 1 amide bonds. The molecule has 24 heavy (non-hydrogen) atoms. The van der Waals surface area contributed by atoms with Crippen molar-refractivity contribution >= 4 is 33.2 Å². The highest BCUT2D eigenvalue weighted by Crippen LogP contribution is 2.28. The lowest BCUT2D eigenvalue weighted by atomic mass is 9.95. The van der Waals surface area contributed by atoms with Gasteiger partial charge in [0.1, 0.15) is 6.04 Å². The lowest BCUT2D eigenvalue weighted by Gasteiger charge is -2.31. The fourth-order valence-electron chi connectivity index (χ4n) is 3.17. The Balaban J connectivity index is 2.27. The normalized spacial score (nSPS) is 17.3. The van der Waals surface area contributed by atoms with Crippen molar-refractivity contribution in [2.75, 3.05) is 10.6 Å². The molecule has 0 aliphatic heterocycles. The molecule has 0 unspecified atom stereocenters. The summed E-state index contributed by atoms with van der Waals surface area (Å²) in [6.07, 6.45) is 6.41. The molecule has 0 spiro atoms. The van der Waals surface area contributed by atoms with Crippen LogP contribution in [0.2, 0.25) is 5.02 Å². The lowest BCUT2D eigenvalue weighted by Crippen LogP contribution is -2.50. The summed E-state index contributed by atoms with van der Waals surface area (Å²) in [5, 5.41) is 3.43. The van der Waals surface area contributed by atoms with Crippen molar-refractivity contribution in [2.45, 2.75) is 58.0 Å². The zero-order chi connectivity index (χ0) is 17.9. The van der Waals surface area contributed by atoms with Crippen LogP contribution in [0.4, 0.5) is 5.69 Å². The summed E-state index contributed by atoms with van der Waals surface area (Å²) in [5.41, 5.74) is 1.19. The average molecular weight is 373 g/mol. The summed E-state index contributed by atoms with van der Waals surface area (Å²) < 4.78 is 25.8. The van der Waals surface area contributed by atoms with Gasteiger partial charge in [0.05, 0.1) is 11.9 Å². The summed E-state index contributed by atoms with van der Waals surface area (Å²) >= 11 is 6.03. The fourth-order valence-corrected chi connectivity index (χ4v) is 4.56. The van der Waals surface area contributed by atoms with Gasteiger partial charge in [0, 0.05) is 11.1 Å². The smallest absolute Gasteiger partial charge is 0.243 e. The predicted molar refractivity (Wildman–Crippen MR) is 98.0 cm³/mol. The number of nitrogens with zero attached hydrogens (tertiary/aromatic N) is 1. The molecule has 1 aromatic rings. The third kappa shape index (κ3) is 4.63. The van der Waals surface area contributed by atoms with Crippen molar-refractivity contribution in [2.24, 2.45) is 0 Å². The predicted octanol–water partition coefficient (Wildman–Crippen LogP) is 3.25. The first kappa shape index (κ1) is 19.1. The Labute approximate surface area is 149 Å². The molecule has 1 N–H and O–H groups in total. The van der Waals surface area contributed by atoms with Crippen molar-refractivity contribution in [3.05, 3.63) is 28.8 Å². The Hall–Kier alpha value is -1.27. The van der Waals surface area contributed by atoms with Gasteiger partial charge in [-0.3, -0.25) is 9.10 Å². The van der Waals surface area contributed by atoms with E-state index in [1.807, 2.05) is 0 Å². The summed E-state index contributed by atoms with van der Waals surface area (Å²) in [7, 11) is -3.63. The quantitative estimate of drug-likeness (QED) is 0.862. The van der Waals surface area contributed by atoms with Crippen LogP contribution in [0.15, 0.2) is 18.2 Å². The topological polar surface area (TPSA) is 66.5 Å². The summed E-state index contributed by atoms with van der Waals surface area (Å²) in [4.78, 5) is 12.6. The molecule has 0 radical (unpaired) electrons. The standard InChI is InChI=1S/C17H25ClN2O3S/c1-12-9-10-14(18)11-16(12)20(24(3,22)23)13(2)17(21)19-15-7-5-4-6-8-15/h9-11,13,15H,4-8H2,1-3H3,(H,19,21)/t13-/m0/s1. The van der Waals surface area contributed by atoms with E-state index in [1.165, 1.54) is 6.42 Å². The number of benzene rings is 1. The second-order valence-electron chi connectivity index (χ2n) is 6.51. The van der Waals surface area contributed by atoms with Crippen LogP contribution in [0, 0.1) is 6.92 Å². The molecule has 0 heterocycles. The van der Waals surface area contributed by atoms with Crippen LogP contribution in [0.1, 0.15) is 44.6 Å². The average Bonchev–Trinajstić information content (AvgIpc) is 2.50. The maximum absolute atomic E-state index is 12.6. The molecular formula is C17H25ClN2O3S. The molecule has 0 bridgehead atoms. The molecule has 1 aromatic carbocycles. The van der Waals surface area contributed by atoms with Crippen LogP contribution < -0.4 is 9.62 Å². The molecule has 1 aliphatic rings. The van der Waals surface area contributed by atoms with E-state index in [-0.39, 0.29) is 11.9 Å². The van der Waals surface area contributed by atoms with Crippen LogP contribution in [0.25, 0.3) is 0 Å². The van der Waals surface area contributed by atoms with Crippen molar-refractivity contribution in [3.63, 3.8) is 0 Å². The zero-order valence-electron chi connectivity index (χ0n) is 14.4. The number of aryl methyl sites for hydroxylation is 1. The maximum Gasteiger partial charge on any atom is 0.243 e. The Morgan fingerprint density at radius 2 is 1.92 bits per heavy atom.